The van der Waals surface area contributed by atoms with Crippen molar-refractivity contribution in [3.8, 4) is 0 Å². The highest BCUT2D eigenvalue weighted by atomic mass is 16.7. The number of rotatable bonds is 48. The molecule has 3 rings (SSSR count). The average molecular weight is 1210 g/mol. The smallest absolute Gasteiger partial charge is 0.222 e. The Bertz CT molecular complexity index is 1500. The van der Waals surface area contributed by atoms with E-state index < -0.39 is 111 Å². The first-order valence-electron chi connectivity index (χ1n) is 28.1. The minimum absolute atomic E-state index is 0.00754. The van der Waals surface area contributed by atoms with E-state index in [2.05, 4.69) is 16.0 Å². The number of aliphatic hydroxyl groups excluding tert-OH is 11. The van der Waals surface area contributed by atoms with Gasteiger partial charge in [0.15, 0.2) is 18.9 Å². The zero-order valence-electron chi connectivity index (χ0n) is 47.6. The summed E-state index contributed by atoms with van der Waals surface area (Å²) in [5, 5.41) is 116. The van der Waals surface area contributed by atoms with Crippen molar-refractivity contribution in [2.45, 2.75) is 132 Å². The van der Waals surface area contributed by atoms with Crippen LogP contribution >= 0.6 is 0 Å². The molecule has 3 fully saturated rings. The van der Waals surface area contributed by atoms with Crippen molar-refractivity contribution in [2.24, 2.45) is 5.41 Å². The summed E-state index contributed by atoms with van der Waals surface area (Å²) >= 11 is 0. The molecular formula is C51H95N3O29. The average Bonchev–Trinajstić information content (AvgIpc) is 3.56. The minimum atomic E-state index is -1.54. The highest BCUT2D eigenvalue weighted by Gasteiger charge is 2.46. The molecule has 0 saturated carbocycles. The number of hydrogen-bond donors (Lipinski definition) is 14. The van der Waals surface area contributed by atoms with Crippen LogP contribution in [0, 0.1) is 5.41 Å². The van der Waals surface area contributed by atoms with E-state index in [1.807, 2.05) is 6.92 Å². The van der Waals surface area contributed by atoms with Crippen molar-refractivity contribution in [2.75, 3.05) is 172 Å². The lowest BCUT2D eigenvalue weighted by molar-refractivity contribution is -0.302. The molecule has 0 aliphatic carbocycles. The maximum Gasteiger partial charge on any atom is 0.222 e. The molecular weight excluding hydrogens is 1120 g/mol. The molecule has 3 heterocycles. The lowest BCUT2D eigenvalue weighted by Crippen LogP contribution is -2.59. The van der Waals surface area contributed by atoms with Crippen molar-refractivity contribution < 1.29 is 142 Å². The maximum absolute atomic E-state index is 12.5. The van der Waals surface area contributed by atoms with E-state index in [1.54, 1.807) is 6.92 Å². The number of nitrogens with one attached hydrogen (secondary N) is 3. The Morgan fingerprint density at radius 1 is 0.361 bits per heavy atom. The number of amides is 3. The Labute approximate surface area is 483 Å². The highest BCUT2D eigenvalue weighted by molar-refractivity contribution is 5.76. The fraction of sp³-hybridized carbons (Fsp3) is 0.941. The topological polar surface area (TPSA) is 448 Å². The molecule has 0 aromatic carbocycles. The van der Waals surface area contributed by atoms with E-state index in [4.69, 9.17) is 71.1 Å². The molecule has 14 N–H and O–H groups in total. The second-order valence-electron chi connectivity index (χ2n) is 19.9. The predicted molar refractivity (Wildman–Crippen MR) is 281 cm³/mol. The molecule has 3 amide bonds. The van der Waals surface area contributed by atoms with Gasteiger partial charge in [0.05, 0.1) is 158 Å². The summed E-state index contributed by atoms with van der Waals surface area (Å²) in [5.74, 6) is -0.819. The summed E-state index contributed by atoms with van der Waals surface area (Å²) in [7, 11) is 0. The molecule has 0 spiro atoms. The van der Waals surface area contributed by atoms with Crippen LogP contribution in [-0.4, -0.2) is 338 Å². The van der Waals surface area contributed by atoms with Gasteiger partial charge < -0.3 is 143 Å². The third-order valence-corrected chi connectivity index (χ3v) is 12.9. The Kier molecular flexibility index (Phi) is 39.5. The summed E-state index contributed by atoms with van der Waals surface area (Å²) in [6.45, 7) is 6.10. The Morgan fingerprint density at radius 2 is 0.627 bits per heavy atom. The summed E-state index contributed by atoms with van der Waals surface area (Å²) in [6, 6.07) is 0. The van der Waals surface area contributed by atoms with Crippen LogP contribution in [0.4, 0.5) is 0 Å². The molecule has 3 aliphatic rings. The van der Waals surface area contributed by atoms with Crippen molar-refractivity contribution >= 4 is 17.7 Å². The molecule has 6 unspecified atom stereocenters. The highest BCUT2D eigenvalue weighted by Crippen LogP contribution is 2.25. The van der Waals surface area contributed by atoms with Gasteiger partial charge in [0, 0.05) is 44.3 Å². The Morgan fingerprint density at radius 3 is 0.916 bits per heavy atom. The lowest BCUT2D eigenvalue weighted by Gasteiger charge is -2.40. The third-order valence-electron chi connectivity index (χ3n) is 12.9. The van der Waals surface area contributed by atoms with Gasteiger partial charge in [0.25, 0.3) is 0 Å². The Hall–Kier alpha value is -2.63. The first kappa shape index (κ1) is 74.6. The molecule has 32 heteroatoms. The molecule has 0 aromatic rings. The molecule has 3 aliphatic heterocycles. The van der Waals surface area contributed by atoms with Crippen LogP contribution in [0.15, 0.2) is 0 Å². The van der Waals surface area contributed by atoms with Crippen LogP contribution < -0.4 is 16.0 Å². The standard InChI is InChI=1S/C51H95N3O29/c1-3-33-39(60)42(63)45(66)48(81-33)78-25-22-72-19-16-69-13-7-52-36(57)4-10-75-30-51(2,31-76-11-5-37(58)53-8-14-70-17-20-73-23-26-79-49-46(67)43(64)40(61)34(28-55)82-49)32-77-12-6-38(59)54-9-15-71-18-21-74-24-27-80-50-47(68)44(65)41(62)35(29-56)83-50/h33-35,39-50,55-56,60-68H,3-32H2,1-2H3,(H,52,57)(H,53,58)(H,54,59)/t33?,34?,35?,39-,40-,41-,42?,43?,44?,45-,46-,47-,48+,49+,50+,51?/m1/s1. The van der Waals surface area contributed by atoms with Crippen LogP contribution in [0.5, 0.6) is 0 Å². The van der Waals surface area contributed by atoms with Gasteiger partial charge in [-0.3, -0.25) is 14.4 Å². The summed E-state index contributed by atoms with van der Waals surface area (Å²) in [4.78, 5) is 37.5. The predicted octanol–water partition coefficient (Wildman–Crippen LogP) is -7.47. The second kappa shape index (κ2) is 43.9. The number of carbonyl (C=O) groups is 3. The van der Waals surface area contributed by atoms with Gasteiger partial charge >= 0.3 is 0 Å². The largest absolute Gasteiger partial charge is 0.394 e. The van der Waals surface area contributed by atoms with Gasteiger partial charge in [-0.2, -0.15) is 0 Å². The summed E-state index contributed by atoms with van der Waals surface area (Å²) < 4.78 is 82.7. The first-order chi connectivity index (χ1) is 40.0. The SMILES string of the molecule is CCC1O[C@H](OCCOCCOCCNC(=O)CCOCC(C)(COCCC(=O)NCCOCCOCCO[C@H]2OC(CO)[C@@H](O)C(O)[C@H]2O)COCCC(=O)NCCOCCOCCO[C@H]2OC(CO)[C@@H](O)C(O)[C@H]2O)[C@H](O)C(O)[C@@H]1O. The normalized spacial score (nSPS) is 29.1. The van der Waals surface area contributed by atoms with Crippen LogP contribution in [0.1, 0.15) is 39.5 Å². The third kappa shape index (κ3) is 29.8. The summed E-state index contributed by atoms with van der Waals surface area (Å²) in [5.41, 5.74) is -0.746. The molecule has 3 saturated heterocycles. The quantitative estimate of drug-likeness (QED) is 0.0252. The molecule has 0 bridgehead atoms. The van der Waals surface area contributed by atoms with E-state index in [1.165, 1.54) is 0 Å². The zero-order chi connectivity index (χ0) is 60.8. The number of carbonyl (C=O) groups excluding carboxylic acids is 3. The van der Waals surface area contributed by atoms with Crippen molar-refractivity contribution in [1.29, 1.82) is 0 Å². The first-order valence-corrected chi connectivity index (χ1v) is 28.1. The molecule has 0 radical (unpaired) electrons. The summed E-state index contributed by atoms with van der Waals surface area (Å²) in [6.07, 6.45) is -18.9. The molecule has 83 heavy (non-hydrogen) atoms. The molecule has 32 nitrogen and oxygen atoms in total. The van der Waals surface area contributed by atoms with Crippen molar-refractivity contribution in [3.63, 3.8) is 0 Å². The molecule has 15 atom stereocenters. The van der Waals surface area contributed by atoms with Crippen LogP contribution in [0.25, 0.3) is 0 Å². The maximum atomic E-state index is 12.5. The fourth-order valence-electron chi connectivity index (χ4n) is 8.07. The van der Waals surface area contributed by atoms with Crippen LogP contribution in [-0.2, 0) is 85.4 Å². The van der Waals surface area contributed by atoms with E-state index in [0.29, 0.717) is 6.42 Å². The van der Waals surface area contributed by atoms with Gasteiger partial charge in [-0.1, -0.05) is 13.8 Å². The number of ether oxygens (including phenoxy) is 15. The van der Waals surface area contributed by atoms with Crippen molar-refractivity contribution in [1.82, 2.24) is 16.0 Å². The van der Waals surface area contributed by atoms with E-state index in [9.17, 15) is 70.6 Å². The van der Waals surface area contributed by atoms with Gasteiger partial charge in [-0.05, 0) is 6.42 Å². The molecule has 0 aromatic heterocycles. The zero-order valence-corrected chi connectivity index (χ0v) is 47.6. The Balaban J connectivity index is 1.26. The van der Waals surface area contributed by atoms with Crippen molar-refractivity contribution in [3.05, 3.63) is 0 Å². The fourth-order valence-corrected chi connectivity index (χ4v) is 8.07. The van der Waals surface area contributed by atoms with Gasteiger partial charge in [-0.25, -0.2) is 0 Å². The van der Waals surface area contributed by atoms with Crippen LogP contribution in [0.2, 0.25) is 0 Å². The van der Waals surface area contributed by atoms with Gasteiger partial charge in [0.2, 0.25) is 17.7 Å². The number of hydrogen-bond acceptors (Lipinski definition) is 29. The van der Waals surface area contributed by atoms with E-state index >= 15 is 0 Å². The van der Waals surface area contributed by atoms with Gasteiger partial charge in [-0.15, -0.1) is 0 Å². The monoisotopic (exact) mass is 1210 g/mol. The van der Waals surface area contributed by atoms with E-state index in [0.717, 1.165) is 0 Å². The number of aliphatic hydroxyl groups is 11. The van der Waals surface area contributed by atoms with Crippen LogP contribution in [0.3, 0.4) is 0 Å². The minimum Gasteiger partial charge on any atom is -0.394 e. The van der Waals surface area contributed by atoms with Gasteiger partial charge in [0.1, 0.15) is 67.1 Å². The molecule has 488 valence electrons. The lowest BCUT2D eigenvalue weighted by atomic mass is 9.94. The van der Waals surface area contributed by atoms with E-state index in [-0.39, 0.29) is 195 Å². The second-order valence-corrected chi connectivity index (χ2v) is 19.9.